The number of halogens is 1. The van der Waals surface area contributed by atoms with E-state index in [1.165, 1.54) is 25.3 Å². The number of aliphatic hydroxyl groups is 1. The summed E-state index contributed by atoms with van der Waals surface area (Å²) in [6.07, 6.45) is 5.54. The lowest BCUT2D eigenvalue weighted by Crippen LogP contribution is -2.24. The number of anilines is 1. The number of benzene rings is 1. The van der Waals surface area contributed by atoms with Crippen molar-refractivity contribution in [3.63, 3.8) is 0 Å². The molecule has 0 saturated heterocycles. The van der Waals surface area contributed by atoms with Crippen LogP contribution < -0.4 is 5.32 Å². The maximum absolute atomic E-state index is 13.4. The molecule has 0 aromatic heterocycles. The Bertz CT molecular complexity index is 317. The van der Waals surface area contributed by atoms with Crippen molar-refractivity contribution in [3.8, 4) is 0 Å². The first-order valence-corrected chi connectivity index (χ1v) is 6.39. The van der Waals surface area contributed by atoms with Crippen LogP contribution in [0.25, 0.3) is 0 Å². The summed E-state index contributed by atoms with van der Waals surface area (Å²) < 4.78 is 13.4. The molecule has 0 aliphatic rings. The van der Waals surface area contributed by atoms with Crippen LogP contribution in [0, 0.1) is 5.82 Å². The summed E-state index contributed by atoms with van der Waals surface area (Å²) in [4.78, 5) is 0. The van der Waals surface area contributed by atoms with Gasteiger partial charge in [0, 0.05) is 6.04 Å². The summed E-state index contributed by atoms with van der Waals surface area (Å²) in [6.45, 7) is 2.21. The van der Waals surface area contributed by atoms with Crippen molar-refractivity contribution in [2.24, 2.45) is 0 Å². The van der Waals surface area contributed by atoms with Gasteiger partial charge in [-0.15, -0.1) is 0 Å². The largest absolute Gasteiger partial charge is 0.394 e. The zero-order chi connectivity index (χ0) is 12.5. The second-order valence-electron chi connectivity index (χ2n) is 4.35. The molecule has 0 fully saturated rings. The number of unbranched alkanes of at least 4 members (excludes halogenated alkanes) is 3. The van der Waals surface area contributed by atoms with E-state index in [-0.39, 0.29) is 18.5 Å². The summed E-state index contributed by atoms with van der Waals surface area (Å²) in [5.41, 5.74) is 0.474. The molecule has 17 heavy (non-hydrogen) atoms. The van der Waals surface area contributed by atoms with E-state index in [0.717, 1.165) is 12.8 Å². The van der Waals surface area contributed by atoms with Crippen LogP contribution >= 0.6 is 0 Å². The Morgan fingerprint density at radius 3 is 2.65 bits per heavy atom. The van der Waals surface area contributed by atoms with Gasteiger partial charge in [0.25, 0.3) is 0 Å². The van der Waals surface area contributed by atoms with Crippen LogP contribution in [0.4, 0.5) is 10.1 Å². The fraction of sp³-hybridized carbons (Fsp3) is 0.571. The van der Waals surface area contributed by atoms with E-state index in [1.54, 1.807) is 18.2 Å². The quantitative estimate of drug-likeness (QED) is 0.680. The molecule has 1 unspecified atom stereocenters. The van der Waals surface area contributed by atoms with E-state index in [1.807, 2.05) is 0 Å². The van der Waals surface area contributed by atoms with E-state index in [0.29, 0.717) is 5.69 Å². The lowest BCUT2D eigenvalue weighted by Gasteiger charge is -2.17. The SMILES string of the molecule is CCCCCCC(CO)Nc1ccccc1F. The van der Waals surface area contributed by atoms with Crippen LogP contribution in [0.15, 0.2) is 24.3 Å². The molecular formula is C14H22FNO. The summed E-state index contributed by atoms with van der Waals surface area (Å²) >= 11 is 0. The summed E-state index contributed by atoms with van der Waals surface area (Å²) in [7, 11) is 0. The van der Waals surface area contributed by atoms with Gasteiger partial charge in [0.15, 0.2) is 0 Å². The molecule has 1 aromatic rings. The highest BCUT2D eigenvalue weighted by atomic mass is 19.1. The van der Waals surface area contributed by atoms with Gasteiger partial charge in [0.05, 0.1) is 12.3 Å². The third kappa shape index (κ3) is 5.18. The van der Waals surface area contributed by atoms with Gasteiger partial charge in [0.1, 0.15) is 5.82 Å². The molecule has 0 spiro atoms. The molecule has 1 rings (SSSR count). The maximum atomic E-state index is 13.4. The van der Waals surface area contributed by atoms with Crippen LogP contribution in [-0.2, 0) is 0 Å². The van der Waals surface area contributed by atoms with Gasteiger partial charge in [0.2, 0.25) is 0 Å². The summed E-state index contributed by atoms with van der Waals surface area (Å²) in [6, 6.07) is 6.52. The van der Waals surface area contributed by atoms with Crippen LogP contribution in [0.3, 0.4) is 0 Å². The van der Waals surface area contributed by atoms with Gasteiger partial charge in [-0.1, -0.05) is 44.7 Å². The van der Waals surface area contributed by atoms with Gasteiger partial charge < -0.3 is 10.4 Å². The average molecular weight is 239 g/mol. The van der Waals surface area contributed by atoms with Crippen molar-refractivity contribution < 1.29 is 9.50 Å². The monoisotopic (exact) mass is 239 g/mol. The highest BCUT2D eigenvalue weighted by Gasteiger charge is 2.09. The molecule has 2 nitrogen and oxygen atoms in total. The van der Waals surface area contributed by atoms with E-state index < -0.39 is 0 Å². The number of para-hydroxylation sites is 1. The molecule has 0 radical (unpaired) electrons. The third-order valence-electron chi connectivity index (χ3n) is 2.86. The van der Waals surface area contributed by atoms with E-state index >= 15 is 0 Å². The minimum atomic E-state index is -0.264. The highest BCUT2D eigenvalue weighted by Crippen LogP contribution is 2.16. The molecule has 0 aliphatic heterocycles. The van der Waals surface area contributed by atoms with Crippen molar-refractivity contribution in [1.29, 1.82) is 0 Å². The number of hydrogen-bond donors (Lipinski definition) is 2. The lowest BCUT2D eigenvalue weighted by molar-refractivity contribution is 0.266. The fourth-order valence-corrected chi connectivity index (χ4v) is 1.82. The molecule has 0 amide bonds. The summed E-state index contributed by atoms with van der Waals surface area (Å²) in [5, 5.41) is 12.3. The highest BCUT2D eigenvalue weighted by molar-refractivity contribution is 5.45. The van der Waals surface area contributed by atoms with Crippen molar-refractivity contribution >= 4 is 5.69 Å². The second-order valence-corrected chi connectivity index (χ2v) is 4.35. The second kappa shape index (κ2) is 8.07. The Morgan fingerprint density at radius 2 is 2.00 bits per heavy atom. The van der Waals surface area contributed by atoms with Crippen LogP contribution in [-0.4, -0.2) is 17.8 Å². The predicted molar refractivity (Wildman–Crippen MR) is 69.7 cm³/mol. The molecule has 2 N–H and O–H groups in total. The molecular weight excluding hydrogens is 217 g/mol. The first kappa shape index (κ1) is 14.0. The van der Waals surface area contributed by atoms with Gasteiger partial charge in [-0.25, -0.2) is 4.39 Å². The van der Waals surface area contributed by atoms with E-state index in [4.69, 9.17) is 0 Å². The van der Waals surface area contributed by atoms with Crippen molar-refractivity contribution in [2.45, 2.75) is 45.1 Å². The molecule has 1 atom stereocenters. The predicted octanol–water partition coefficient (Wildman–Crippen LogP) is 3.57. The minimum Gasteiger partial charge on any atom is -0.394 e. The first-order chi connectivity index (χ1) is 8.27. The number of hydrogen-bond acceptors (Lipinski definition) is 2. The van der Waals surface area contributed by atoms with E-state index in [2.05, 4.69) is 12.2 Å². The average Bonchev–Trinajstić information content (AvgIpc) is 2.35. The Balaban J connectivity index is 2.38. The standard InChI is InChI=1S/C14H22FNO/c1-2-3-4-5-8-12(11-17)16-14-10-7-6-9-13(14)15/h6-7,9-10,12,16-17H,2-5,8,11H2,1H3. The van der Waals surface area contributed by atoms with Gasteiger partial charge in [-0.2, -0.15) is 0 Å². The topological polar surface area (TPSA) is 32.3 Å². The smallest absolute Gasteiger partial charge is 0.146 e. The maximum Gasteiger partial charge on any atom is 0.146 e. The Kier molecular flexibility index (Phi) is 6.63. The van der Waals surface area contributed by atoms with Crippen LogP contribution in [0.1, 0.15) is 39.0 Å². The minimum absolute atomic E-state index is 0.0421. The van der Waals surface area contributed by atoms with Crippen LogP contribution in [0.2, 0.25) is 0 Å². The molecule has 96 valence electrons. The molecule has 0 heterocycles. The molecule has 0 bridgehead atoms. The van der Waals surface area contributed by atoms with Crippen molar-refractivity contribution in [1.82, 2.24) is 0 Å². The Labute approximate surface area is 103 Å². The Hall–Kier alpha value is -1.09. The number of rotatable bonds is 8. The van der Waals surface area contributed by atoms with Gasteiger partial charge in [-0.3, -0.25) is 0 Å². The van der Waals surface area contributed by atoms with Crippen LogP contribution in [0.5, 0.6) is 0 Å². The third-order valence-corrected chi connectivity index (χ3v) is 2.86. The lowest BCUT2D eigenvalue weighted by atomic mass is 10.1. The normalized spacial score (nSPS) is 12.4. The molecule has 1 aromatic carbocycles. The molecule has 0 saturated carbocycles. The zero-order valence-electron chi connectivity index (χ0n) is 10.5. The summed E-state index contributed by atoms with van der Waals surface area (Å²) in [5.74, 6) is -0.264. The molecule has 0 aliphatic carbocycles. The van der Waals surface area contributed by atoms with Gasteiger partial charge >= 0.3 is 0 Å². The van der Waals surface area contributed by atoms with Gasteiger partial charge in [-0.05, 0) is 18.6 Å². The van der Waals surface area contributed by atoms with Crippen molar-refractivity contribution in [3.05, 3.63) is 30.1 Å². The zero-order valence-corrected chi connectivity index (χ0v) is 10.5. The van der Waals surface area contributed by atoms with E-state index in [9.17, 15) is 9.50 Å². The van der Waals surface area contributed by atoms with Crippen molar-refractivity contribution in [2.75, 3.05) is 11.9 Å². The fourth-order valence-electron chi connectivity index (χ4n) is 1.82. The first-order valence-electron chi connectivity index (χ1n) is 6.39. The molecule has 3 heteroatoms. The Morgan fingerprint density at radius 1 is 1.24 bits per heavy atom. The number of nitrogens with one attached hydrogen (secondary N) is 1. The number of aliphatic hydroxyl groups excluding tert-OH is 1.